The van der Waals surface area contributed by atoms with Gasteiger partial charge in [-0.15, -0.1) is 0 Å². The van der Waals surface area contributed by atoms with Crippen LogP contribution in [-0.2, 0) is 9.59 Å². The third-order valence-corrected chi connectivity index (χ3v) is 2.27. The first-order valence-corrected chi connectivity index (χ1v) is 5.91. The van der Waals surface area contributed by atoms with E-state index < -0.39 is 23.4 Å². The van der Waals surface area contributed by atoms with Crippen molar-refractivity contribution in [1.82, 2.24) is 10.7 Å². The van der Waals surface area contributed by atoms with E-state index in [0.717, 1.165) is 18.2 Å². The summed E-state index contributed by atoms with van der Waals surface area (Å²) in [4.78, 5) is 22.7. The Morgan fingerprint density at radius 1 is 1.20 bits per heavy atom. The van der Waals surface area contributed by atoms with Crippen LogP contribution in [0, 0.1) is 11.6 Å². The number of hydrazone groups is 1. The zero-order valence-corrected chi connectivity index (χ0v) is 11.3. The molecule has 1 aromatic rings. The molecule has 0 heterocycles. The van der Waals surface area contributed by atoms with E-state index in [2.05, 4.69) is 10.4 Å². The van der Waals surface area contributed by atoms with Crippen LogP contribution in [0.5, 0.6) is 0 Å². The van der Waals surface area contributed by atoms with Crippen LogP contribution in [0.1, 0.15) is 26.3 Å². The Hall–Kier alpha value is -2.31. The van der Waals surface area contributed by atoms with Gasteiger partial charge in [-0.05, 0) is 39.0 Å². The molecule has 0 fully saturated rings. The number of rotatable bonds is 3. The van der Waals surface area contributed by atoms with E-state index in [1.54, 1.807) is 13.8 Å². The van der Waals surface area contributed by atoms with Crippen molar-refractivity contribution in [2.45, 2.75) is 26.8 Å². The lowest BCUT2D eigenvalue weighted by molar-refractivity contribution is -0.139. The largest absolute Gasteiger partial charge is 0.346 e. The molecule has 108 valence electrons. The van der Waals surface area contributed by atoms with E-state index in [-0.39, 0.29) is 17.3 Å². The molecule has 2 N–H and O–H groups in total. The number of carbonyl (C=O) groups excluding carboxylic acids is 2. The highest BCUT2D eigenvalue weighted by Crippen LogP contribution is 2.10. The van der Waals surface area contributed by atoms with Crippen LogP contribution in [-0.4, -0.2) is 23.6 Å². The van der Waals surface area contributed by atoms with Gasteiger partial charge in [0.15, 0.2) is 0 Å². The first-order valence-electron chi connectivity index (χ1n) is 5.91. The first kappa shape index (κ1) is 15.7. The molecule has 2 amide bonds. The second-order valence-electron chi connectivity index (χ2n) is 4.39. The fourth-order valence-corrected chi connectivity index (χ4v) is 1.35. The molecular weight excluding hydrogens is 268 g/mol. The van der Waals surface area contributed by atoms with Crippen LogP contribution < -0.4 is 10.7 Å². The number of carbonyl (C=O) groups is 2. The van der Waals surface area contributed by atoms with Crippen molar-refractivity contribution in [3.05, 3.63) is 35.4 Å². The summed E-state index contributed by atoms with van der Waals surface area (Å²) >= 11 is 0. The van der Waals surface area contributed by atoms with Crippen LogP contribution >= 0.6 is 0 Å². The van der Waals surface area contributed by atoms with Gasteiger partial charge in [-0.25, -0.2) is 14.2 Å². The quantitative estimate of drug-likeness (QED) is 0.499. The van der Waals surface area contributed by atoms with Crippen LogP contribution in [0.25, 0.3) is 0 Å². The molecular formula is C13H15F2N3O2. The molecule has 20 heavy (non-hydrogen) atoms. The number of nitrogens with one attached hydrogen (secondary N) is 2. The van der Waals surface area contributed by atoms with Crippen molar-refractivity contribution in [2.75, 3.05) is 0 Å². The smallest absolute Gasteiger partial charge is 0.329 e. The minimum Gasteiger partial charge on any atom is -0.346 e. The third kappa shape index (κ3) is 4.42. The van der Waals surface area contributed by atoms with E-state index in [4.69, 9.17) is 0 Å². The third-order valence-electron chi connectivity index (χ3n) is 2.27. The van der Waals surface area contributed by atoms with E-state index >= 15 is 0 Å². The SMILES string of the molecule is C/C(=N/NC(=O)C(=O)NC(C)C)c1cc(F)ccc1F. The topological polar surface area (TPSA) is 70.6 Å². The van der Waals surface area contributed by atoms with Gasteiger partial charge in [0.1, 0.15) is 11.6 Å². The van der Waals surface area contributed by atoms with Crippen LogP contribution in [0.4, 0.5) is 8.78 Å². The van der Waals surface area contributed by atoms with Crippen molar-refractivity contribution in [3.8, 4) is 0 Å². The summed E-state index contributed by atoms with van der Waals surface area (Å²) in [5, 5.41) is 5.95. The highest BCUT2D eigenvalue weighted by Gasteiger charge is 2.14. The number of hydrogen-bond acceptors (Lipinski definition) is 3. The number of hydrogen-bond donors (Lipinski definition) is 2. The summed E-state index contributed by atoms with van der Waals surface area (Å²) in [5.41, 5.74) is 1.94. The fourth-order valence-electron chi connectivity index (χ4n) is 1.35. The highest BCUT2D eigenvalue weighted by atomic mass is 19.1. The van der Waals surface area contributed by atoms with Gasteiger partial charge in [-0.2, -0.15) is 5.10 Å². The average molecular weight is 283 g/mol. The molecule has 0 saturated heterocycles. The van der Waals surface area contributed by atoms with Gasteiger partial charge in [-0.1, -0.05) is 0 Å². The Kier molecular flexibility index (Phi) is 5.31. The van der Waals surface area contributed by atoms with Crippen LogP contribution in [0.3, 0.4) is 0 Å². The molecule has 0 aliphatic rings. The van der Waals surface area contributed by atoms with E-state index in [1.807, 2.05) is 5.43 Å². The highest BCUT2D eigenvalue weighted by molar-refractivity contribution is 6.35. The van der Waals surface area contributed by atoms with E-state index in [9.17, 15) is 18.4 Å². The van der Waals surface area contributed by atoms with Gasteiger partial charge in [0.2, 0.25) is 0 Å². The van der Waals surface area contributed by atoms with E-state index in [1.165, 1.54) is 6.92 Å². The van der Waals surface area contributed by atoms with Gasteiger partial charge in [0, 0.05) is 11.6 Å². The second kappa shape index (κ2) is 6.74. The van der Waals surface area contributed by atoms with E-state index in [0.29, 0.717) is 0 Å². The molecule has 0 aliphatic carbocycles. The van der Waals surface area contributed by atoms with Crippen molar-refractivity contribution in [3.63, 3.8) is 0 Å². The molecule has 5 nitrogen and oxygen atoms in total. The predicted molar refractivity (Wildman–Crippen MR) is 70.0 cm³/mol. The molecule has 1 rings (SSSR count). The molecule has 0 radical (unpaired) electrons. The summed E-state index contributed by atoms with van der Waals surface area (Å²) in [6, 6.07) is 2.69. The molecule has 0 aromatic heterocycles. The van der Waals surface area contributed by atoms with Crippen molar-refractivity contribution >= 4 is 17.5 Å². The van der Waals surface area contributed by atoms with Crippen molar-refractivity contribution in [2.24, 2.45) is 5.10 Å². The molecule has 0 spiro atoms. The summed E-state index contributed by atoms with van der Waals surface area (Å²) in [6.07, 6.45) is 0. The van der Waals surface area contributed by atoms with Gasteiger partial charge in [-0.3, -0.25) is 9.59 Å². The summed E-state index contributed by atoms with van der Waals surface area (Å²) in [6.45, 7) is 4.78. The zero-order chi connectivity index (χ0) is 15.3. The fraction of sp³-hybridized carbons (Fsp3) is 0.308. The number of amides is 2. The van der Waals surface area contributed by atoms with Gasteiger partial charge >= 0.3 is 11.8 Å². The monoisotopic (exact) mass is 283 g/mol. The van der Waals surface area contributed by atoms with Crippen molar-refractivity contribution in [1.29, 1.82) is 0 Å². The Morgan fingerprint density at radius 3 is 2.45 bits per heavy atom. The Labute approximate surface area is 115 Å². The summed E-state index contributed by atoms with van der Waals surface area (Å²) in [5.74, 6) is -3.13. The van der Waals surface area contributed by atoms with Crippen molar-refractivity contribution < 1.29 is 18.4 Å². The number of halogens is 2. The normalized spacial score (nSPS) is 11.4. The van der Waals surface area contributed by atoms with Crippen LogP contribution in [0.2, 0.25) is 0 Å². The lowest BCUT2D eigenvalue weighted by Gasteiger charge is -2.07. The van der Waals surface area contributed by atoms with Crippen LogP contribution in [0.15, 0.2) is 23.3 Å². The summed E-state index contributed by atoms with van der Waals surface area (Å²) in [7, 11) is 0. The summed E-state index contributed by atoms with van der Waals surface area (Å²) < 4.78 is 26.4. The van der Waals surface area contributed by atoms with Gasteiger partial charge < -0.3 is 5.32 Å². The minimum absolute atomic E-state index is 0.0488. The molecule has 7 heteroatoms. The zero-order valence-electron chi connectivity index (χ0n) is 11.3. The van der Waals surface area contributed by atoms with Gasteiger partial charge in [0.25, 0.3) is 0 Å². The predicted octanol–water partition coefficient (Wildman–Crippen LogP) is 1.33. The maximum absolute atomic E-state index is 13.4. The molecule has 0 aliphatic heterocycles. The molecule has 1 aromatic carbocycles. The lowest BCUT2D eigenvalue weighted by atomic mass is 10.1. The molecule has 0 unspecified atom stereocenters. The number of nitrogens with zero attached hydrogens (tertiary/aromatic N) is 1. The molecule has 0 saturated carbocycles. The van der Waals surface area contributed by atoms with Gasteiger partial charge in [0.05, 0.1) is 5.71 Å². The lowest BCUT2D eigenvalue weighted by Crippen LogP contribution is -2.41. The average Bonchev–Trinajstić information content (AvgIpc) is 2.37. The standard InChI is InChI=1S/C13H15F2N3O2/c1-7(2)16-12(19)13(20)18-17-8(3)10-6-9(14)4-5-11(10)15/h4-7H,1-3H3,(H,16,19)(H,18,20)/b17-8-. The molecule has 0 bridgehead atoms. The molecule has 0 atom stereocenters. The number of benzene rings is 1. The second-order valence-corrected chi connectivity index (χ2v) is 4.39. The maximum atomic E-state index is 13.4. The first-order chi connectivity index (χ1) is 9.31. The Balaban J connectivity index is 2.77. The maximum Gasteiger partial charge on any atom is 0.329 e. The Bertz CT molecular complexity index is 557. The minimum atomic E-state index is -0.977. The Morgan fingerprint density at radius 2 is 1.85 bits per heavy atom.